The zero-order valence-electron chi connectivity index (χ0n) is 18.2. The summed E-state index contributed by atoms with van der Waals surface area (Å²) >= 11 is 1.30. The van der Waals surface area contributed by atoms with Crippen molar-refractivity contribution in [3.8, 4) is 17.1 Å². The van der Waals surface area contributed by atoms with Gasteiger partial charge in [-0.15, -0.1) is 10.2 Å². The molecule has 4 aromatic rings. The van der Waals surface area contributed by atoms with Crippen molar-refractivity contribution in [3.05, 3.63) is 78.3 Å². The quantitative estimate of drug-likeness (QED) is 0.254. The number of unbranched alkanes of at least 4 members (excludes halogenated alkanes) is 2. The van der Waals surface area contributed by atoms with Crippen LogP contribution in [-0.2, 0) is 5.75 Å². The first kappa shape index (κ1) is 22.7. The number of halogens is 1. The molecule has 0 bridgehead atoms. The van der Waals surface area contributed by atoms with Gasteiger partial charge in [-0.3, -0.25) is 9.36 Å². The van der Waals surface area contributed by atoms with Crippen LogP contribution in [0.15, 0.2) is 70.4 Å². The zero-order chi connectivity index (χ0) is 23.0. The molecule has 0 unspecified atom stereocenters. The van der Waals surface area contributed by atoms with Gasteiger partial charge in [-0.2, -0.15) is 0 Å². The van der Waals surface area contributed by atoms with E-state index in [1.807, 2.05) is 30.3 Å². The van der Waals surface area contributed by atoms with E-state index in [1.165, 1.54) is 24.1 Å². The highest BCUT2D eigenvalue weighted by Crippen LogP contribution is 2.30. The summed E-state index contributed by atoms with van der Waals surface area (Å²) in [6, 6.07) is 16.0. The molecule has 1 N–H and O–H groups in total. The molecule has 0 fully saturated rings. The molecule has 0 aliphatic rings. The molecule has 0 saturated carbocycles. The highest BCUT2D eigenvalue weighted by atomic mass is 32.2. The van der Waals surface area contributed by atoms with Crippen molar-refractivity contribution in [1.29, 1.82) is 0 Å². The minimum absolute atomic E-state index is 0.239. The predicted molar refractivity (Wildman–Crippen MR) is 125 cm³/mol. The smallest absolute Gasteiger partial charge is 0.273 e. The van der Waals surface area contributed by atoms with Crippen LogP contribution in [0.1, 0.15) is 42.6 Å². The average molecular weight is 466 g/mol. The van der Waals surface area contributed by atoms with E-state index < -0.39 is 0 Å². The lowest BCUT2D eigenvalue weighted by Gasteiger charge is -2.10. The summed E-state index contributed by atoms with van der Waals surface area (Å²) in [4.78, 5) is 16.5. The Morgan fingerprint density at radius 2 is 1.88 bits per heavy atom. The van der Waals surface area contributed by atoms with Gasteiger partial charge in [-0.05, 0) is 18.6 Å². The summed E-state index contributed by atoms with van der Waals surface area (Å²) in [7, 11) is 0. The molecule has 33 heavy (non-hydrogen) atoms. The first-order valence-corrected chi connectivity index (χ1v) is 11.8. The highest BCUT2D eigenvalue weighted by Gasteiger charge is 2.20. The second kappa shape index (κ2) is 10.9. The fraction of sp³-hybridized carbons (Fsp3) is 0.250. The van der Waals surface area contributed by atoms with Crippen LogP contribution in [0.4, 0.5) is 4.39 Å². The van der Waals surface area contributed by atoms with Crippen molar-refractivity contribution in [2.75, 3.05) is 6.54 Å². The third-order valence-electron chi connectivity index (χ3n) is 4.93. The third-order valence-corrected chi connectivity index (χ3v) is 5.85. The highest BCUT2D eigenvalue weighted by molar-refractivity contribution is 7.98. The van der Waals surface area contributed by atoms with E-state index in [2.05, 4.69) is 27.4 Å². The number of amides is 1. The Bertz CT molecular complexity index is 1210. The molecule has 0 radical (unpaired) electrons. The molecule has 4 rings (SSSR count). The molecule has 2 aromatic carbocycles. The number of hydrogen-bond acceptors (Lipinski definition) is 6. The second-order valence-corrected chi connectivity index (χ2v) is 8.28. The molecule has 0 spiro atoms. The van der Waals surface area contributed by atoms with Gasteiger partial charge in [0.15, 0.2) is 16.7 Å². The van der Waals surface area contributed by atoms with Crippen LogP contribution in [0.3, 0.4) is 0 Å². The second-order valence-electron chi connectivity index (χ2n) is 7.34. The van der Waals surface area contributed by atoms with Gasteiger partial charge in [-0.25, -0.2) is 9.37 Å². The first-order valence-electron chi connectivity index (χ1n) is 10.8. The Balaban J connectivity index is 1.53. The number of oxazole rings is 1. The summed E-state index contributed by atoms with van der Waals surface area (Å²) in [5.74, 6) is 0.581. The fourth-order valence-electron chi connectivity index (χ4n) is 3.26. The van der Waals surface area contributed by atoms with E-state index in [4.69, 9.17) is 4.42 Å². The van der Waals surface area contributed by atoms with Crippen LogP contribution >= 0.6 is 11.8 Å². The molecule has 1 amide bonds. The third kappa shape index (κ3) is 5.48. The standard InChI is InChI=1S/C24H24FN5O2S/c1-2-3-9-14-26-23(31)19-15-32-21(27-19)16-33-24-29-28-22(17-10-5-4-6-11-17)30(24)20-13-8-7-12-18(20)25/h4-8,10-13,15H,2-3,9,14,16H2,1H3,(H,26,31). The Morgan fingerprint density at radius 1 is 1.09 bits per heavy atom. The molecular formula is C24H24FN5O2S. The summed E-state index contributed by atoms with van der Waals surface area (Å²) in [6.07, 6.45) is 4.43. The Morgan fingerprint density at radius 3 is 2.67 bits per heavy atom. The first-order chi connectivity index (χ1) is 16.2. The van der Waals surface area contributed by atoms with Gasteiger partial charge >= 0.3 is 0 Å². The van der Waals surface area contributed by atoms with E-state index in [1.54, 1.807) is 22.8 Å². The van der Waals surface area contributed by atoms with E-state index in [-0.39, 0.29) is 17.4 Å². The van der Waals surface area contributed by atoms with Crippen molar-refractivity contribution in [2.24, 2.45) is 0 Å². The number of aromatic nitrogens is 4. The van der Waals surface area contributed by atoms with Crippen molar-refractivity contribution in [1.82, 2.24) is 25.1 Å². The van der Waals surface area contributed by atoms with Crippen molar-refractivity contribution >= 4 is 17.7 Å². The molecule has 0 atom stereocenters. The molecular weight excluding hydrogens is 441 g/mol. The van der Waals surface area contributed by atoms with E-state index >= 15 is 0 Å². The number of hydrogen-bond donors (Lipinski definition) is 1. The molecule has 7 nitrogen and oxygen atoms in total. The maximum Gasteiger partial charge on any atom is 0.273 e. The molecule has 170 valence electrons. The van der Waals surface area contributed by atoms with E-state index in [9.17, 15) is 9.18 Å². The molecule has 0 aliphatic heterocycles. The average Bonchev–Trinajstić information content (AvgIpc) is 3.49. The van der Waals surface area contributed by atoms with Gasteiger partial charge in [0.2, 0.25) is 5.89 Å². The van der Waals surface area contributed by atoms with Crippen molar-refractivity contribution in [3.63, 3.8) is 0 Å². The minimum atomic E-state index is -0.380. The number of carbonyl (C=O) groups excluding carboxylic acids is 1. The lowest BCUT2D eigenvalue weighted by molar-refractivity contribution is 0.0948. The molecule has 9 heteroatoms. The number of para-hydroxylation sites is 1. The summed E-state index contributed by atoms with van der Waals surface area (Å²) in [6.45, 7) is 2.72. The van der Waals surface area contributed by atoms with Crippen LogP contribution in [-0.4, -0.2) is 32.2 Å². The Labute approximate surface area is 195 Å². The van der Waals surface area contributed by atoms with Crippen LogP contribution in [0.25, 0.3) is 17.1 Å². The maximum atomic E-state index is 14.7. The number of nitrogens with one attached hydrogen (secondary N) is 1. The number of thioether (sulfide) groups is 1. The number of carbonyl (C=O) groups is 1. The maximum absolute atomic E-state index is 14.7. The van der Waals surface area contributed by atoms with Crippen molar-refractivity contribution in [2.45, 2.75) is 37.1 Å². The summed E-state index contributed by atoms with van der Waals surface area (Å²) < 4.78 is 21.8. The van der Waals surface area contributed by atoms with Gasteiger partial charge in [0, 0.05) is 12.1 Å². The van der Waals surface area contributed by atoms with E-state index in [0.29, 0.717) is 34.9 Å². The summed E-state index contributed by atoms with van der Waals surface area (Å²) in [5.41, 5.74) is 1.41. The van der Waals surface area contributed by atoms with Gasteiger partial charge < -0.3 is 9.73 Å². The van der Waals surface area contributed by atoms with Gasteiger partial charge in [0.25, 0.3) is 5.91 Å². The predicted octanol–water partition coefficient (Wildman–Crippen LogP) is 5.27. The number of rotatable bonds is 10. The molecule has 2 aromatic heterocycles. The zero-order valence-corrected chi connectivity index (χ0v) is 19.0. The van der Waals surface area contributed by atoms with Crippen molar-refractivity contribution < 1.29 is 13.6 Å². The molecule has 0 aliphatic carbocycles. The van der Waals surface area contributed by atoms with Gasteiger partial charge in [0.05, 0.1) is 11.4 Å². The normalized spacial score (nSPS) is 11.0. The Hall–Kier alpha value is -3.46. The minimum Gasteiger partial charge on any atom is -0.447 e. The topological polar surface area (TPSA) is 85.8 Å². The van der Waals surface area contributed by atoms with Crippen LogP contribution < -0.4 is 5.32 Å². The summed E-state index contributed by atoms with van der Waals surface area (Å²) in [5, 5.41) is 11.9. The van der Waals surface area contributed by atoms with Crippen LogP contribution in [0.2, 0.25) is 0 Å². The lowest BCUT2D eigenvalue weighted by atomic mass is 10.2. The van der Waals surface area contributed by atoms with Crippen LogP contribution in [0, 0.1) is 5.82 Å². The largest absolute Gasteiger partial charge is 0.447 e. The monoisotopic (exact) mass is 465 g/mol. The van der Waals surface area contributed by atoms with E-state index in [0.717, 1.165) is 24.8 Å². The fourth-order valence-corrected chi connectivity index (χ4v) is 4.06. The SMILES string of the molecule is CCCCCNC(=O)c1coc(CSc2nnc(-c3ccccc3)n2-c2ccccc2F)n1. The lowest BCUT2D eigenvalue weighted by Crippen LogP contribution is -2.24. The Kier molecular flexibility index (Phi) is 7.51. The number of benzene rings is 2. The molecule has 2 heterocycles. The molecule has 0 saturated heterocycles. The van der Waals surface area contributed by atoms with Gasteiger partial charge in [-0.1, -0.05) is 74.0 Å². The van der Waals surface area contributed by atoms with Crippen LogP contribution in [0.5, 0.6) is 0 Å². The van der Waals surface area contributed by atoms with Gasteiger partial charge in [0.1, 0.15) is 12.1 Å². The number of nitrogens with zero attached hydrogens (tertiary/aromatic N) is 4.